The van der Waals surface area contributed by atoms with E-state index in [4.69, 9.17) is 4.42 Å². The molecule has 1 atom stereocenters. The summed E-state index contributed by atoms with van der Waals surface area (Å²) in [5, 5.41) is 0.952. The molecule has 1 aliphatic heterocycles. The summed E-state index contributed by atoms with van der Waals surface area (Å²) in [6, 6.07) is 15.1. The third-order valence-electron chi connectivity index (χ3n) is 6.38. The first-order chi connectivity index (χ1) is 15.5. The molecule has 0 bridgehead atoms. The van der Waals surface area contributed by atoms with E-state index in [1.807, 2.05) is 36.4 Å². The van der Waals surface area contributed by atoms with Crippen molar-refractivity contribution in [2.24, 2.45) is 0 Å². The van der Waals surface area contributed by atoms with Crippen molar-refractivity contribution in [3.63, 3.8) is 0 Å². The first-order valence-corrected chi connectivity index (χ1v) is 12.4. The van der Waals surface area contributed by atoms with E-state index in [1.54, 1.807) is 22.8 Å². The molecule has 1 saturated heterocycles. The zero-order chi connectivity index (χ0) is 22.3. The Bertz CT molecular complexity index is 1360. The summed E-state index contributed by atoms with van der Waals surface area (Å²) >= 11 is 0. The molecule has 7 nitrogen and oxygen atoms in total. The van der Waals surface area contributed by atoms with Crippen LogP contribution >= 0.6 is 0 Å². The van der Waals surface area contributed by atoms with E-state index < -0.39 is 10.0 Å². The maximum absolute atomic E-state index is 13.2. The molecule has 1 unspecified atom stereocenters. The van der Waals surface area contributed by atoms with Gasteiger partial charge in [0, 0.05) is 31.6 Å². The van der Waals surface area contributed by atoms with E-state index in [2.05, 4.69) is 28.7 Å². The average Bonchev–Trinajstić information content (AvgIpc) is 3.22. The van der Waals surface area contributed by atoms with Crippen molar-refractivity contribution < 1.29 is 12.8 Å². The number of para-hydroxylation sites is 1. The second kappa shape index (κ2) is 8.18. The highest BCUT2D eigenvalue weighted by Gasteiger charge is 2.30. The lowest BCUT2D eigenvalue weighted by Gasteiger charge is -2.34. The number of furan rings is 1. The molecule has 0 aliphatic carbocycles. The number of fused-ring (bicyclic) bond motifs is 3. The van der Waals surface area contributed by atoms with Crippen molar-refractivity contribution in [3.8, 4) is 0 Å². The third-order valence-corrected chi connectivity index (χ3v) is 8.29. The molecule has 32 heavy (non-hydrogen) atoms. The molecule has 4 aromatic rings. The van der Waals surface area contributed by atoms with Crippen LogP contribution in [0.5, 0.6) is 0 Å². The van der Waals surface area contributed by atoms with E-state index in [1.165, 1.54) is 0 Å². The van der Waals surface area contributed by atoms with Crippen LogP contribution in [0.1, 0.15) is 31.7 Å². The van der Waals surface area contributed by atoms with E-state index in [9.17, 15) is 8.42 Å². The predicted octanol–water partition coefficient (Wildman–Crippen LogP) is 4.40. The van der Waals surface area contributed by atoms with Gasteiger partial charge in [0.1, 0.15) is 17.4 Å². The minimum absolute atomic E-state index is 0.347. The molecule has 0 spiro atoms. The van der Waals surface area contributed by atoms with Crippen LogP contribution in [-0.2, 0) is 10.0 Å². The SMILES string of the molecule is CCC(C)c1ccc(S(=O)(=O)N2CCN(c3ncnc4c3oc3ccccc34)CC2)cc1. The van der Waals surface area contributed by atoms with Crippen LogP contribution in [0.15, 0.2) is 64.2 Å². The fourth-order valence-corrected chi connectivity index (χ4v) is 5.65. The van der Waals surface area contributed by atoms with Crippen LogP contribution in [0.25, 0.3) is 22.1 Å². The molecule has 1 aliphatic rings. The number of rotatable bonds is 5. The number of anilines is 1. The van der Waals surface area contributed by atoms with Crippen molar-refractivity contribution in [1.82, 2.24) is 14.3 Å². The smallest absolute Gasteiger partial charge is 0.243 e. The minimum Gasteiger partial charge on any atom is -0.450 e. The topological polar surface area (TPSA) is 79.5 Å². The zero-order valence-corrected chi connectivity index (χ0v) is 19.0. The summed E-state index contributed by atoms with van der Waals surface area (Å²) in [5.74, 6) is 1.12. The Morgan fingerprint density at radius 1 is 1.00 bits per heavy atom. The van der Waals surface area contributed by atoms with Gasteiger partial charge < -0.3 is 9.32 Å². The summed E-state index contributed by atoms with van der Waals surface area (Å²) in [6.07, 6.45) is 2.57. The molecular formula is C24H26N4O3S. The first-order valence-electron chi connectivity index (χ1n) is 11.0. The van der Waals surface area contributed by atoms with Gasteiger partial charge in [0.05, 0.1) is 4.90 Å². The minimum atomic E-state index is -3.53. The fraction of sp³-hybridized carbons (Fsp3) is 0.333. The van der Waals surface area contributed by atoms with E-state index in [0.717, 1.165) is 28.5 Å². The predicted molar refractivity (Wildman–Crippen MR) is 125 cm³/mol. The molecule has 1 fully saturated rings. The summed E-state index contributed by atoms with van der Waals surface area (Å²) in [7, 11) is -3.53. The van der Waals surface area contributed by atoms with E-state index in [-0.39, 0.29) is 0 Å². The Hall–Kier alpha value is -2.97. The molecule has 0 amide bonds. The van der Waals surface area contributed by atoms with Crippen molar-refractivity contribution in [3.05, 3.63) is 60.4 Å². The van der Waals surface area contributed by atoms with Crippen LogP contribution in [0.4, 0.5) is 5.82 Å². The van der Waals surface area contributed by atoms with Crippen LogP contribution < -0.4 is 4.90 Å². The summed E-state index contributed by atoms with van der Waals surface area (Å²) in [6.45, 7) is 6.13. The van der Waals surface area contributed by atoms with Gasteiger partial charge in [-0.25, -0.2) is 18.4 Å². The monoisotopic (exact) mass is 450 g/mol. The highest BCUT2D eigenvalue weighted by molar-refractivity contribution is 7.89. The van der Waals surface area contributed by atoms with E-state index >= 15 is 0 Å². The number of benzene rings is 2. The molecule has 0 saturated carbocycles. The van der Waals surface area contributed by atoms with Gasteiger partial charge >= 0.3 is 0 Å². The van der Waals surface area contributed by atoms with Gasteiger partial charge in [-0.3, -0.25) is 0 Å². The average molecular weight is 451 g/mol. The molecular weight excluding hydrogens is 424 g/mol. The van der Waals surface area contributed by atoms with Gasteiger partial charge in [-0.05, 0) is 42.2 Å². The van der Waals surface area contributed by atoms with Gasteiger partial charge in [-0.2, -0.15) is 4.31 Å². The number of piperazine rings is 1. The Balaban J connectivity index is 1.36. The number of hydrogen-bond acceptors (Lipinski definition) is 6. The van der Waals surface area contributed by atoms with E-state index in [0.29, 0.717) is 48.4 Å². The van der Waals surface area contributed by atoms with Gasteiger partial charge in [0.15, 0.2) is 11.4 Å². The third kappa shape index (κ3) is 3.53. The molecule has 8 heteroatoms. The lowest BCUT2D eigenvalue weighted by Crippen LogP contribution is -2.49. The molecule has 2 aromatic heterocycles. The maximum atomic E-state index is 13.2. The van der Waals surface area contributed by atoms with Crippen molar-refractivity contribution in [2.75, 3.05) is 31.1 Å². The molecule has 5 rings (SSSR count). The number of nitrogens with zero attached hydrogens (tertiary/aromatic N) is 4. The first kappa shape index (κ1) is 20.9. The summed E-state index contributed by atoms with van der Waals surface area (Å²) in [5.41, 5.74) is 3.36. The van der Waals surface area contributed by atoms with Gasteiger partial charge in [0.25, 0.3) is 0 Å². The Labute approximate surface area is 187 Å². The van der Waals surface area contributed by atoms with Crippen LogP contribution in [0.2, 0.25) is 0 Å². The van der Waals surface area contributed by atoms with Gasteiger partial charge in [-0.15, -0.1) is 0 Å². The standard InChI is InChI=1S/C24H26N4O3S/c1-3-17(2)18-8-10-19(11-9-18)32(29,30)28-14-12-27(13-15-28)24-23-22(25-16-26-24)20-6-4-5-7-21(20)31-23/h4-11,16-17H,3,12-15H2,1-2H3. The number of aromatic nitrogens is 2. The van der Waals surface area contributed by atoms with Crippen molar-refractivity contribution in [2.45, 2.75) is 31.1 Å². The number of hydrogen-bond donors (Lipinski definition) is 0. The molecule has 3 heterocycles. The Morgan fingerprint density at radius 3 is 2.44 bits per heavy atom. The Kier molecular flexibility index (Phi) is 5.35. The lowest BCUT2D eigenvalue weighted by molar-refractivity contribution is 0.383. The molecule has 2 aromatic carbocycles. The lowest BCUT2D eigenvalue weighted by atomic mass is 9.99. The molecule has 0 N–H and O–H groups in total. The second-order valence-corrected chi connectivity index (χ2v) is 10.2. The highest BCUT2D eigenvalue weighted by Crippen LogP contribution is 2.33. The fourth-order valence-electron chi connectivity index (χ4n) is 4.23. The summed E-state index contributed by atoms with van der Waals surface area (Å²) in [4.78, 5) is 11.3. The van der Waals surface area contributed by atoms with Crippen LogP contribution in [0.3, 0.4) is 0 Å². The van der Waals surface area contributed by atoms with Crippen LogP contribution in [-0.4, -0.2) is 48.9 Å². The normalized spacial score (nSPS) is 16.6. The Morgan fingerprint density at radius 2 is 1.72 bits per heavy atom. The molecule has 166 valence electrons. The summed E-state index contributed by atoms with van der Waals surface area (Å²) < 4.78 is 33.9. The largest absolute Gasteiger partial charge is 0.450 e. The van der Waals surface area contributed by atoms with Gasteiger partial charge in [0.2, 0.25) is 10.0 Å². The molecule has 0 radical (unpaired) electrons. The maximum Gasteiger partial charge on any atom is 0.243 e. The second-order valence-electron chi connectivity index (χ2n) is 8.24. The van der Waals surface area contributed by atoms with Gasteiger partial charge in [-0.1, -0.05) is 38.1 Å². The zero-order valence-electron chi connectivity index (χ0n) is 18.2. The highest BCUT2D eigenvalue weighted by atomic mass is 32.2. The van der Waals surface area contributed by atoms with Crippen molar-refractivity contribution in [1.29, 1.82) is 0 Å². The van der Waals surface area contributed by atoms with Crippen LogP contribution in [0, 0.1) is 0 Å². The van der Waals surface area contributed by atoms with Crippen molar-refractivity contribution >= 4 is 37.9 Å². The number of sulfonamides is 1. The quantitative estimate of drug-likeness (QED) is 0.448.